The van der Waals surface area contributed by atoms with Crippen molar-refractivity contribution in [2.45, 2.75) is 57.1 Å². The number of hydrogen-bond donors (Lipinski definition) is 1. The van der Waals surface area contributed by atoms with Gasteiger partial charge in [-0.15, -0.1) is 0 Å². The fourth-order valence-corrected chi connectivity index (χ4v) is 2.56. The Labute approximate surface area is 111 Å². The largest absolute Gasteiger partial charge is 0.377 e. The molecule has 2 atom stereocenters. The molecular formula is C16H25NO. The van der Waals surface area contributed by atoms with E-state index >= 15 is 0 Å². The molecule has 100 valence electrons. The third kappa shape index (κ3) is 2.45. The molecule has 0 radical (unpaired) electrons. The van der Waals surface area contributed by atoms with Gasteiger partial charge < -0.3 is 10.5 Å². The van der Waals surface area contributed by atoms with Crippen molar-refractivity contribution in [1.82, 2.24) is 0 Å². The molecule has 2 rings (SSSR count). The van der Waals surface area contributed by atoms with Crippen LogP contribution in [0.5, 0.6) is 0 Å². The minimum Gasteiger partial charge on any atom is -0.377 e. The Morgan fingerprint density at radius 2 is 1.94 bits per heavy atom. The normalized spacial score (nSPS) is 21.1. The summed E-state index contributed by atoms with van der Waals surface area (Å²) in [7, 11) is 1.74. The summed E-state index contributed by atoms with van der Waals surface area (Å²) >= 11 is 0. The zero-order valence-corrected chi connectivity index (χ0v) is 11.8. The lowest BCUT2D eigenvalue weighted by Crippen LogP contribution is -2.39. The third-order valence-electron chi connectivity index (χ3n) is 4.70. The van der Waals surface area contributed by atoms with Gasteiger partial charge in [0.15, 0.2) is 0 Å². The average molecular weight is 247 g/mol. The van der Waals surface area contributed by atoms with Crippen LogP contribution in [0.1, 0.15) is 62.6 Å². The smallest absolute Gasteiger partial charge is 0.0839 e. The molecule has 1 aliphatic rings. The van der Waals surface area contributed by atoms with E-state index in [-0.39, 0.29) is 11.6 Å². The summed E-state index contributed by atoms with van der Waals surface area (Å²) in [6.45, 7) is 4.20. The van der Waals surface area contributed by atoms with Crippen molar-refractivity contribution < 1.29 is 4.74 Å². The number of benzene rings is 1. The topological polar surface area (TPSA) is 35.2 Å². The van der Waals surface area contributed by atoms with Crippen LogP contribution in [0.2, 0.25) is 0 Å². The number of methoxy groups -OCH3 is 1. The Morgan fingerprint density at radius 3 is 2.33 bits per heavy atom. The molecule has 1 aromatic carbocycles. The van der Waals surface area contributed by atoms with Crippen LogP contribution in [0, 0.1) is 0 Å². The molecule has 0 amide bonds. The predicted molar refractivity (Wildman–Crippen MR) is 75.7 cm³/mol. The van der Waals surface area contributed by atoms with Crippen LogP contribution >= 0.6 is 0 Å². The molecule has 1 aromatic rings. The monoisotopic (exact) mass is 247 g/mol. The van der Waals surface area contributed by atoms with Gasteiger partial charge in [0.2, 0.25) is 0 Å². The van der Waals surface area contributed by atoms with Gasteiger partial charge >= 0.3 is 0 Å². The first-order chi connectivity index (χ1) is 8.60. The molecule has 2 heteroatoms. The highest BCUT2D eigenvalue weighted by Crippen LogP contribution is 2.37. The van der Waals surface area contributed by atoms with Gasteiger partial charge in [0.05, 0.1) is 11.6 Å². The van der Waals surface area contributed by atoms with E-state index in [4.69, 9.17) is 10.5 Å². The molecule has 1 fully saturated rings. The third-order valence-corrected chi connectivity index (χ3v) is 4.70. The van der Waals surface area contributed by atoms with E-state index in [1.807, 2.05) is 0 Å². The molecule has 0 saturated heterocycles. The van der Waals surface area contributed by atoms with Gasteiger partial charge in [0, 0.05) is 7.11 Å². The Morgan fingerprint density at radius 1 is 1.33 bits per heavy atom. The maximum Gasteiger partial charge on any atom is 0.0839 e. The zero-order chi connectivity index (χ0) is 13.2. The maximum absolute atomic E-state index is 6.34. The number of hydrogen-bond acceptors (Lipinski definition) is 2. The number of nitrogens with two attached hydrogens (primary N) is 1. The van der Waals surface area contributed by atoms with Gasteiger partial charge in [-0.05, 0) is 43.2 Å². The summed E-state index contributed by atoms with van der Waals surface area (Å²) in [6, 6.07) is 8.76. The van der Waals surface area contributed by atoms with E-state index in [9.17, 15) is 0 Å². The first kappa shape index (κ1) is 13.6. The molecule has 18 heavy (non-hydrogen) atoms. The van der Waals surface area contributed by atoms with Gasteiger partial charge in [0.1, 0.15) is 0 Å². The second-order valence-electron chi connectivity index (χ2n) is 5.64. The van der Waals surface area contributed by atoms with Gasteiger partial charge in [-0.25, -0.2) is 0 Å². The van der Waals surface area contributed by atoms with Crippen molar-refractivity contribution in [1.29, 1.82) is 0 Å². The average Bonchev–Trinajstić information content (AvgIpc) is 2.36. The van der Waals surface area contributed by atoms with Crippen LogP contribution in [-0.4, -0.2) is 12.7 Å². The van der Waals surface area contributed by atoms with E-state index in [1.54, 1.807) is 7.11 Å². The van der Waals surface area contributed by atoms with Crippen LogP contribution in [0.25, 0.3) is 0 Å². The summed E-state index contributed by atoms with van der Waals surface area (Å²) in [5, 5.41) is 0. The molecular weight excluding hydrogens is 222 g/mol. The lowest BCUT2D eigenvalue weighted by molar-refractivity contribution is -0.0194. The Bertz CT molecular complexity index is 377. The Hall–Kier alpha value is -0.860. The number of rotatable bonds is 5. The van der Waals surface area contributed by atoms with E-state index in [0.717, 1.165) is 12.3 Å². The highest BCUT2D eigenvalue weighted by atomic mass is 16.5. The zero-order valence-electron chi connectivity index (χ0n) is 11.8. The minimum absolute atomic E-state index is 0.0667. The van der Waals surface area contributed by atoms with E-state index < -0.39 is 0 Å². The second-order valence-corrected chi connectivity index (χ2v) is 5.64. The van der Waals surface area contributed by atoms with E-state index in [1.165, 1.54) is 30.4 Å². The summed E-state index contributed by atoms with van der Waals surface area (Å²) in [5.74, 6) is 0.787. The highest BCUT2D eigenvalue weighted by molar-refractivity contribution is 5.29. The Balaban J connectivity index is 2.13. The highest BCUT2D eigenvalue weighted by Gasteiger charge is 2.31. The molecule has 0 aromatic heterocycles. The number of ether oxygens (including phenoxy) is 1. The first-order valence-corrected chi connectivity index (χ1v) is 7.01. The molecule has 1 saturated carbocycles. The van der Waals surface area contributed by atoms with E-state index in [2.05, 4.69) is 38.1 Å². The van der Waals surface area contributed by atoms with Crippen LogP contribution in [0.3, 0.4) is 0 Å². The van der Waals surface area contributed by atoms with Gasteiger partial charge in [-0.1, -0.05) is 37.6 Å². The molecule has 2 unspecified atom stereocenters. The minimum atomic E-state index is -0.280. The lowest BCUT2D eigenvalue weighted by Gasteiger charge is -2.34. The molecule has 0 bridgehead atoms. The van der Waals surface area contributed by atoms with Crippen LogP contribution < -0.4 is 5.73 Å². The molecule has 0 spiro atoms. The second kappa shape index (κ2) is 5.41. The fraction of sp³-hybridized carbons (Fsp3) is 0.625. The molecule has 2 nitrogen and oxygen atoms in total. The van der Waals surface area contributed by atoms with Crippen molar-refractivity contribution in [3.05, 3.63) is 35.4 Å². The molecule has 2 N–H and O–H groups in total. The van der Waals surface area contributed by atoms with Crippen molar-refractivity contribution >= 4 is 0 Å². The standard InChI is InChI=1S/C16H25NO/c1-4-16(2,18-3)15(17)14-10-8-13(9-11-14)12-6-5-7-12/h8-12,15H,4-7,17H2,1-3H3. The lowest BCUT2D eigenvalue weighted by atomic mass is 9.79. The summed E-state index contributed by atoms with van der Waals surface area (Å²) in [5.41, 5.74) is 8.70. The Kier molecular flexibility index (Phi) is 4.08. The molecule has 0 aliphatic heterocycles. The molecule has 1 aliphatic carbocycles. The summed E-state index contributed by atoms with van der Waals surface area (Å²) in [4.78, 5) is 0. The van der Waals surface area contributed by atoms with Gasteiger partial charge in [-0.2, -0.15) is 0 Å². The van der Waals surface area contributed by atoms with Crippen LogP contribution in [-0.2, 0) is 4.74 Å². The summed E-state index contributed by atoms with van der Waals surface area (Å²) in [6.07, 6.45) is 4.98. The van der Waals surface area contributed by atoms with Crippen molar-refractivity contribution in [3.8, 4) is 0 Å². The quantitative estimate of drug-likeness (QED) is 0.859. The molecule has 0 heterocycles. The van der Waals surface area contributed by atoms with Crippen molar-refractivity contribution in [2.24, 2.45) is 5.73 Å². The SMILES string of the molecule is CCC(C)(OC)C(N)c1ccc(C2CCC2)cc1. The first-order valence-electron chi connectivity index (χ1n) is 7.01. The van der Waals surface area contributed by atoms with Gasteiger partial charge in [-0.3, -0.25) is 0 Å². The summed E-state index contributed by atoms with van der Waals surface area (Å²) < 4.78 is 5.59. The van der Waals surface area contributed by atoms with Crippen LogP contribution in [0.15, 0.2) is 24.3 Å². The predicted octanol–water partition coefficient (Wildman–Crippen LogP) is 3.77. The maximum atomic E-state index is 6.34. The van der Waals surface area contributed by atoms with Crippen LogP contribution in [0.4, 0.5) is 0 Å². The van der Waals surface area contributed by atoms with Gasteiger partial charge in [0.25, 0.3) is 0 Å². The van der Waals surface area contributed by atoms with E-state index in [0.29, 0.717) is 0 Å². The fourth-order valence-electron chi connectivity index (χ4n) is 2.56. The van der Waals surface area contributed by atoms with Crippen molar-refractivity contribution in [2.75, 3.05) is 7.11 Å². The van der Waals surface area contributed by atoms with Crippen molar-refractivity contribution in [3.63, 3.8) is 0 Å².